The van der Waals surface area contributed by atoms with E-state index in [-0.39, 0.29) is 12.2 Å². The third kappa shape index (κ3) is 20.4. The van der Waals surface area contributed by atoms with Gasteiger partial charge in [0.25, 0.3) is 0 Å². The molecule has 0 spiro atoms. The number of halogens is 1. The standard InChI is InChI=1S/C14H16ClN.C11H13N3.C11H20N2O2.2C2H6.C2H2.CH2O/c1-2-11-9-13(15)7-6-12(11)10-14-5-3-4-8-16-14;1-12-11-4-2-3-10(7-11)8-14-6-5-13-9-14;14-11(13-8-6-12-7-9-13)15-10-4-2-1-3-5-10;4*1-2/h5-9H,2-4,10H2,1H3;2-7,9,12H,8H2,1H3;10,12H,1-9H2;2*1-2H3;1-2H;1H2. The monoisotopic (exact) mass is 748 g/mol. The summed E-state index contributed by atoms with van der Waals surface area (Å²) in [6.45, 7) is 16.4. The molecule has 0 atom stereocenters. The number of nitrogens with one attached hydrogen (secondary N) is 2. The lowest BCUT2D eigenvalue weighted by Crippen LogP contribution is -2.47. The first-order chi connectivity index (χ1) is 26.0. The number of carbonyl (C=O) groups excluding carboxylic acids is 2. The molecule has 2 N–H and O–H groups in total. The first-order valence-electron chi connectivity index (χ1n) is 19.0. The van der Waals surface area contributed by atoms with Crippen LogP contribution in [0.25, 0.3) is 0 Å². The van der Waals surface area contributed by atoms with Crippen molar-refractivity contribution in [1.82, 2.24) is 19.8 Å². The number of terminal acetylenes is 1. The zero-order valence-corrected chi connectivity index (χ0v) is 33.9. The zero-order chi connectivity index (χ0) is 39.7. The smallest absolute Gasteiger partial charge is 0.410 e. The van der Waals surface area contributed by atoms with Crippen molar-refractivity contribution in [2.45, 2.75) is 105 Å². The summed E-state index contributed by atoms with van der Waals surface area (Å²) >= 11 is 5.99. The minimum absolute atomic E-state index is 0.108. The van der Waals surface area contributed by atoms with Crippen LogP contribution in [-0.2, 0) is 28.9 Å². The average Bonchev–Trinajstić information content (AvgIpc) is 3.76. The first-order valence-corrected chi connectivity index (χ1v) is 19.4. The van der Waals surface area contributed by atoms with Gasteiger partial charge in [0.2, 0.25) is 0 Å². The van der Waals surface area contributed by atoms with E-state index in [2.05, 4.69) is 87.4 Å². The number of rotatable bonds is 7. The minimum Gasteiger partial charge on any atom is -0.446 e. The number of allylic oxidation sites excluding steroid dienone is 2. The third-order valence-corrected chi connectivity index (χ3v) is 8.42. The second-order valence-corrected chi connectivity index (χ2v) is 12.0. The molecular weight excluding hydrogens is 684 g/mol. The number of aryl methyl sites for hydroxylation is 1. The van der Waals surface area contributed by atoms with Gasteiger partial charge < -0.3 is 29.6 Å². The van der Waals surface area contributed by atoms with Gasteiger partial charge in [-0.3, -0.25) is 4.99 Å². The summed E-state index contributed by atoms with van der Waals surface area (Å²) in [6, 6.07) is 14.5. The van der Waals surface area contributed by atoms with E-state index < -0.39 is 0 Å². The maximum Gasteiger partial charge on any atom is 0.410 e. The predicted octanol–water partition coefficient (Wildman–Crippen LogP) is 9.64. The van der Waals surface area contributed by atoms with E-state index in [0.29, 0.717) is 0 Å². The molecule has 10 heteroatoms. The SMILES string of the molecule is C#C.C=O.CC.CC.CCc1cc(Cl)ccc1CC1=CCCC=N1.CNc1cccc(Cn2ccnc2)c1.O=C(OC1CCCCC1)N1CCNCC1. The van der Waals surface area contributed by atoms with Crippen LogP contribution in [0.3, 0.4) is 0 Å². The lowest BCUT2D eigenvalue weighted by Gasteiger charge is -2.29. The number of aliphatic imine (C=N–C) groups is 1. The summed E-state index contributed by atoms with van der Waals surface area (Å²) in [5, 5.41) is 7.17. The van der Waals surface area contributed by atoms with Crippen molar-refractivity contribution < 1.29 is 14.3 Å². The van der Waals surface area contributed by atoms with Crippen LogP contribution < -0.4 is 10.6 Å². The molecule has 9 nitrogen and oxygen atoms in total. The van der Waals surface area contributed by atoms with Crippen molar-refractivity contribution in [3.05, 3.63) is 94.7 Å². The Bertz CT molecular complexity index is 1430. The molecule has 1 aromatic heterocycles. The van der Waals surface area contributed by atoms with Gasteiger partial charge in [-0.05, 0) is 85.9 Å². The number of aromatic nitrogens is 2. The lowest BCUT2D eigenvalue weighted by molar-refractivity contribution is -0.0980. The van der Waals surface area contributed by atoms with E-state index in [0.717, 1.165) is 82.0 Å². The second-order valence-electron chi connectivity index (χ2n) is 11.6. The number of anilines is 1. The van der Waals surface area contributed by atoms with E-state index in [4.69, 9.17) is 21.1 Å². The van der Waals surface area contributed by atoms with Crippen LogP contribution in [-0.4, -0.2) is 72.9 Å². The van der Waals surface area contributed by atoms with Gasteiger partial charge in [-0.1, -0.05) is 76.9 Å². The molecule has 6 rings (SSSR count). The quantitative estimate of drug-likeness (QED) is 0.234. The van der Waals surface area contributed by atoms with Gasteiger partial charge in [0.1, 0.15) is 12.9 Å². The number of ether oxygens (including phenoxy) is 1. The summed E-state index contributed by atoms with van der Waals surface area (Å²) in [6.07, 6.45) is 27.9. The highest BCUT2D eigenvalue weighted by atomic mass is 35.5. The van der Waals surface area contributed by atoms with Gasteiger partial charge in [-0.25, -0.2) is 9.78 Å². The summed E-state index contributed by atoms with van der Waals surface area (Å²) < 4.78 is 7.54. The van der Waals surface area contributed by atoms with Crippen LogP contribution in [0.15, 0.2) is 78.0 Å². The van der Waals surface area contributed by atoms with Crippen LogP contribution in [0, 0.1) is 12.8 Å². The maximum absolute atomic E-state index is 11.7. The Morgan fingerprint density at radius 3 is 2.28 bits per heavy atom. The summed E-state index contributed by atoms with van der Waals surface area (Å²) in [4.78, 5) is 30.0. The number of hydrogen-bond donors (Lipinski definition) is 2. The molecule has 53 heavy (non-hydrogen) atoms. The van der Waals surface area contributed by atoms with Crippen molar-refractivity contribution in [3.63, 3.8) is 0 Å². The van der Waals surface area contributed by atoms with E-state index in [1.807, 2.05) is 71.2 Å². The number of amides is 1. The van der Waals surface area contributed by atoms with E-state index in [1.54, 1.807) is 6.20 Å². The third-order valence-electron chi connectivity index (χ3n) is 8.19. The molecule has 0 unspecified atom stereocenters. The maximum atomic E-state index is 11.7. The first kappa shape index (κ1) is 48.6. The van der Waals surface area contributed by atoms with Gasteiger partial charge in [-0.15, -0.1) is 12.8 Å². The summed E-state index contributed by atoms with van der Waals surface area (Å²) in [5.41, 5.74) is 6.27. The highest BCUT2D eigenvalue weighted by Gasteiger charge is 2.22. The molecule has 3 heterocycles. The van der Waals surface area contributed by atoms with Crippen LogP contribution in [0.5, 0.6) is 0 Å². The lowest BCUT2D eigenvalue weighted by atomic mass is 9.98. The molecule has 3 aromatic rings. The summed E-state index contributed by atoms with van der Waals surface area (Å²) in [7, 11) is 1.93. The fraction of sp³-hybridized carbons (Fsp3) is 0.488. The number of imidazole rings is 1. The van der Waals surface area contributed by atoms with Crippen LogP contribution in [0.1, 0.15) is 96.3 Å². The highest BCUT2D eigenvalue weighted by Crippen LogP contribution is 2.22. The molecule has 0 bridgehead atoms. The van der Waals surface area contributed by atoms with Gasteiger partial charge in [0.15, 0.2) is 0 Å². The molecule has 2 aliphatic heterocycles. The second kappa shape index (κ2) is 32.3. The normalized spacial score (nSPS) is 14.3. The Morgan fingerprint density at radius 1 is 1.00 bits per heavy atom. The number of nitrogens with zero attached hydrogens (tertiary/aromatic N) is 4. The fourth-order valence-electron chi connectivity index (χ4n) is 5.63. The summed E-state index contributed by atoms with van der Waals surface area (Å²) in [5.74, 6) is 0. The topological polar surface area (TPSA) is 101 Å². The molecule has 1 saturated carbocycles. The van der Waals surface area contributed by atoms with Crippen molar-refractivity contribution >= 4 is 36.4 Å². The minimum atomic E-state index is -0.108. The largest absolute Gasteiger partial charge is 0.446 e. The van der Waals surface area contributed by atoms with Crippen LogP contribution in [0.2, 0.25) is 5.02 Å². The molecule has 3 aliphatic rings. The Hall–Kier alpha value is -4.39. The highest BCUT2D eigenvalue weighted by molar-refractivity contribution is 6.30. The van der Waals surface area contributed by atoms with Crippen molar-refractivity contribution in [2.24, 2.45) is 4.99 Å². The predicted molar refractivity (Wildman–Crippen MR) is 225 cm³/mol. The Kier molecular flexibility index (Phi) is 29.6. The van der Waals surface area contributed by atoms with Crippen molar-refractivity contribution in [3.8, 4) is 12.8 Å². The van der Waals surface area contributed by atoms with E-state index in [9.17, 15) is 4.79 Å². The van der Waals surface area contributed by atoms with Crippen molar-refractivity contribution in [1.29, 1.82) is 0 Å². The average molecular weight is 749 g/mol. The molecule has 1 aliphatic carbocycles. The molecule has 2 aromatic carbocycles. The zero-order valence-electron chi connectivity index (χ0n) is 33.2. The molecular formula is C43H65ClN6O3. The van der Waals surface area contributed by atoms with E-state index in [1.165, 1.54) is 41.6 Å². The molecule has 1 saturated heterocycles. The number of benzene rings is 2. The van der Waals surface area contributed by atoms with Gasteiger partial charge in [-0.2, -0.15) is 0 Å². The fourth-order valence-corrected chi connectivity index (χ4v) is 5.83. The number of hydrogen-bond acceptors (Lipinski definition) is 7. The van der Waals surface area contributed by atoms with E-state index >= 15 is 0 Å². The Morgan fingerprint density at radius 2 is 1.70 bits per heavy atom. The molecule has 2 fully saturated rings. The van der Waals surface area contributed by atoms with Crippen LogP contribution in [0.4, 0.5) is 10.5 Å². The van der Waals surface area contributed by atoms with Crippen molar-refractivity contribution in [2.75, 3.05) is 38.5 Å². The van der Waals surface area contributed by atoms with Gasteiger partial charge in [0.05, 0.1) is 6.33 Å². The molecule has 292 valence electrons. The van der Waals surface area contributed by atoms with Crippen LogP contribution >= 0.6 is 11.6 Å². The van der Waals surface area contributed by atoms with Gasteiger partial charge in [0, 0.05) is 81.2 Å². The molecule has 1 amide bonds. The van der Waals surface area contributed by atoms with Gasteiger partial charge >= 0.3 is 6.09 Å². The Labute approximate surface area is 325 Å². The number of piperazine rings is 1. The number of carbonyl (C=O) groups is 2. The Balaban J connectivity index is 0.000000699. The molecule has 0 radical (unpaired) electrons.